The van der Waals surface area contributed by atoms with Crippen LogP contribution in [0.2, 0.25) is 0 Å². The number of carbonyl (C=O) groups is 1. The molecule has 1 heterocycles. The van der Waals surface area contributed by atoms with Crippen LogP contribution in [-0.4, -0.2) is 38.1 Å². The molecule has 23 heavy (non-hydrogen) atoms. The van der Waals surface area contributed by atoms with Gasteiger partial charge in [-0.25, -0.2) is 4.79 Å². The summed E-state index contributed by atoms with van der Waals surface area (Å²) >= 11 is 1.70. The predicted octanol–water partition coefficient (Wildman–Crippen LogP) is 3.98. The third kappa shape index (κ3) is 3.80. The highest BCUT2D eigenvalue weighted by Crippen LogP contribution is 2.47. The van der Waals surface area contributed by atoms with Gasteiger partial charge in [-0.05, 0) is 38.4 Å². The minimum atomic E-state index is -0.0814. The smallest absolute Gasteiger partial charge is 0.326 e. The Bertz CT molecular complexity index is 648. The van der Waals surface area contributed by atoms with Crippen LogP contribution in [0.4, 0.5) is 16.2 Å². The summed E-state index contributed by atoms with van der Waals surface area (Å²) in [5.74, 6) is 0. The van der Waals surface area contributed by atoms with Gasteiger partial charge in [0.15, 0.2) is 0 Å². The van der Waals surface area contributed by atoms with E-state index < -0.39 is 0 Å². The van der Waals surface area contributed by atoms with E-state index in [1.165, 1.54) is 0 Å². The second-order valence-corrected chi connectivity index (χ2v) is 6.49. The van der Waals surface area contributed by atoms with Crippen LogP contribution in [0.15, 0.2) is 58.3 Å². The van der Waals surface area contributed by atoms with Gasteiger partial charge >= 0.3 is 6.03 Å². The Morgan fingerprint density at radius 3 is 2.09 bits per heavy atom. The first kappa shape index (κ1) is 17.7. The molecule has 0 atom stereocenters. The van der Waals surface area contributed by atoms with E-state index in [0.29, 0.717) is 6.54 Å². The first-order valence-corrected chi connectivity index (χ1v) is 8.07. The summed E-state index contributed by atoms with van der Waals surface area (Å²) in [6.45, 7) is 1.44. The Hall–Kier alpha value is -1.69. The Balaban J connectivity index is 0.00000192. The molecule has 2 aromatic carbocycles. The van der Waals surface area contributed by atoms with Gasteiger partial charge in [-0.15, -0.1) is 12.4 Å². The summed E-state index contributed by atoms with van der Waals surface area (Å²) < 4.78 is 0. The zero-order valence-electron chi connectivity index (χ0n) is 13.2. The molecule has 0 radical (unpaired) electrons. The molecule has 1 N–H and O–H groups in total. The Morgan fingerprint density at radius 1 is 1.04 bits per heavy atom. The number of para-hydroxylation sites is 2. The van der Waals surface area contributed by atoms with E-state index in [1.807, 2.05) is 55.4 Å². The predicted molar refractivity (Wildman–Crippen MR) is 98.3 cm³/mol. The lowest BCUT2D eigenvalue weighted by Crippen LogP contribution is -2.40. The van der Waals surface area contributed by atoms with Gasteiger partial charge in [0.1, 0.15) is 0 Å². The van der Waals surface area contributed by atoms with Gasteiger partial charge in [0.05, 0.1) is 11.4 Å². The number of halogens is 1. The van der Waals surface area contributed by atoms with Crippen molar-refractivity contribution in [2.75, 3.05) is 32.1 Å². The maximum atomic E-state index is 12.7. The number of rotatable bonds is 3. The second-order valence-electron chi connectivity index (χ2n) is 5.41. The molecule has 4 nitrogen and oxygen atoms in total. The molecule has 0 spiro atoms. The van der Waals surface area contributed by atoms with Crippen LogP contribution in [0, 0.1) is 0 Å². The molecule has 2 amide bonds. The number of fused-ring (bicyclic) bond motifs is 2. The van der Waals surface area contributed by atoms with Gasteiger partial charge in [0.2, 0.25) is 0 Å². The molecule has 0 unspecified atom stereocenters. The van der Waals surface area contributed by atoms with Crippen molar-refractivity contribution in [2.24, 2.45) is 0 Å². The summed E-state index contributed by atoms with van der Waals surface area (Å²) in [5, 5.41) is 3.00. The highest BCUT2D eigenvalue weighted by Gasteiger charge is 2.27. The third-order valence-corrected chi connectivity index (χ3v) is 4.60. The van der Waals surface area contributed by atoms with Crippen molar-refractivity contribution in [3.05, 3.63) is 48.5 Å². The number of amides is 2. The molecule has 0 aromatic heterocycles. The van der Waals surface area contributed by atoms with Crippen LogP contribution >= 0.6 is 24.2 Å². The van der Waals surface area contributed by atoms with Crippen LogP contribution in [0.1, 0.15) is 0 Å². The van der Waals surface area contributed by atoms with E-state index in [2.05, 4.69) is 17.4 Å². The molecule has 0 saturated heterocycles. The average molecular weight is 350 g/mol. The highest BCUT2D eigenvalue weighted by molar-refractivity contribution is 7.99. The zero-order valence-corrected chi connectivity index (χ0v) is 14.8. The van der Waals surface area contributed by atoms with Crippen molar-refractivity contribution in [3.63, 3.8) is 0 Å². The monoisotopic (exact) mass is 349 g/mol. The van der Waals surface area contributed by atoms with E-state index >= 15 is 0 Å². The number of nitrogens with one attached hydrogen (secondary N) is 1. The van der Waals surface area contributed by atoms with E-state index in [1.54, 1.807) is 16.7 Å². The molecule has 3 rings (SSSR count). The molecule has 0 fully saturated rings. The Morgan fingerprint density at radius 2 is 1.57 bits per heavy atom. The summed E-state index contributed by atoms with van der Waals surface area (Å²) in [7, 11) is 3.99. The number of urea groups is 1. The molecule has 2 aromatic rings. The third-order valence-electron chi connectivity index (χ3n) is 3.47. The average Bonchev–Trinajstić information content (AvgIpc) is 2.52. The fourth-order valence-electron chi connectivity index (χ4n) is 2.39. The molecule has 122 valence electrons. The SMILES string of the molecule is CN(C)CCNC(=O)N1c2ccccc2Sc2ccccc21.Cl. The minimum absolute atomic E-state index is 0. The lowest BCUT2D eigenvalue weighted by atomic mass is 10.2. The van der Waals surface area contributed by atoms with E-state index in [9.17, 15) is 4.79 Å². The quantitative estimate of drug-likeness (QED) is 0.910. The zero-order chi connectivity index (χ0) is 15.5. The maximum absolute atomic E-state index is 12.7. The van der Waals surface area contributed by atoms with Crippen LogP contribution in [-0.2, 0) is 0 Å². The van der Waals surface area contributed by atoms with Gasteiger partial charge in [-0.1, -0.05) is 36.0 Å². The summed E-state index contributed by atoms with van der Waals surface area (Å²) in [4.78, 5) is 18.7. The van der Waals surface area contributed by atoms with Crippen molar-refractivity contribution in [1.82, 2.24) is 10.2 Å². The largest absolute Gasteiger partial charge is 0.336 e. The lowest BCUT2D eigenvalue weighted by Gasteiger charge is -2.31. The topological polar surface area (TPSA) is 35.6 Å². The molecule has 0 aliphatic carbocycles. The minimum Gasteiger partial charge on any atom is -0.336 e. The number of hydrogen-bond donors (Lipinski definition) is 1. The fourth-order valence-corrected chi connectivity index (χ4v) is 3.45. The number of hydrogen-bond acceptors (Lipinski definition) is 3. The van der Waals surface area contributed by atoms with Gasteiger partial charge in [0.25, 0.3) is 0 Å². The number of nitrogens with zero attached hydrogens (tertiary/aromatic N) is 2. The normalized spacial score (nSPS) is 12.2. The van der Waals surface area contributed by atoms with Crippen LogP contribution in [0.5, 0.6) is 0 Å². The number of benzene rings is 2. The molecule has 1 aliphatic rings. The van der Waals surface area contributed by atoms with Crippen molar-refractivity contribution >= 4 is 41.6 Å². The van der Waals surface area contributed by atoms with Gasteiger partial charge in [-0.3, -0.25) is 4.90 Å². The molecular formula is C17H20ClN3OS. The maximum Gasteiger partial charge on any atom is 0.326 e. The van der Waals surface area contributed by atoms with Crippen LogP contribution in [0.25, 0.3) is 0 Å². The fraction of sp³-hybridized carbons (Fsp3) is 0.235. The number of anilines is 2. The molecular weight excluding hydrogens is 330 g/mol. The number of likely N-dealkylation sites (N-methyl/N-ethyl adjacent to an activating group) is 1. The molecule has 0 bridgehead atoms. The van der Waals surface area contributed by atoms with Crippen LogP contribution in [0.3, 0.4) is 0 Å². The first-order chi connectivity index (χ1) is 10.7. The highest BCUT2D eigenvalue weighted by atomic mass is 35.5. The molecule has 1 aliphatic heterocycles. The lowest BCUT2D eigenvalue weighted by molar-refractivity contribution is 0.247. The van der Waals surface area contributed by atoms with E-state index in [-0.39, 0.29) is 18.4 Å². The molecule has 6 heteroatoms. The van der Waals surface area contributed by atoms with Crippen molar-refractivity contribution in [1.29, 1.82) is 0 Å². The summed E-state index contributed by atoms with van der Waals surface area (Å²) in [6.07, 6.45) is 0. The van der Waals surface area contributed by atoms with Gasteiger partial charge < -0.3 is 10.2 Å². The van der Waals surface area contributed by atoms with E-state index in [0.717, 1.165) is 27.7 Å². The summed E-state index contributed by atoms with van der Waals surface area (Å²) in [5.41, 5.74) is 1.88. The molecule has 0 saturated carbocycles. The van der Waals surface area contributed by atoms with Gasteiger partial charge in [0, 0.05) is 22.9 Å². The van der Waals surface area contributed by atoms with Gasteiger partial charge in [-0.2, -0.15) is 0 Å². The van der Waals surface area contributed by atoms with Crippen molar-refractivity contribution in [3.8, 4) is 0 Å². The van der Waals surface area contributed by atoms with Crippen LogP contribution < -0.4 is 10.2 Å². The van der Waals surface area contributed by atoms with Crippen molar-refractivity contribution < 1.29 is 4.79 Å². The van der Waals surface area contributed by atoms with Crippen molar-refractivity contribution in [2.45, 2.75) is 9.79 Å². The first-order valence-electron chi connectivity index (χ1n) is 7.25. The number of carbonyl (C=O) groups excluding carboxylic acids is 1. The second kappa shape index (κ2) is 7.73. The Labute approximate surface area is 147 Å². The standard InChI is InChI=1S/C17H19N3OS.ClH/c1-19(2)12-11-18-17(21)20-13-7-3-5-9-15(13)22-16-10-6-4-8-14(16)20;/h3-10H,11-12H2,1-2H3,(H,18,21);1H. The summed E-state index contributed by atoms with van der Waals surface area (Å²) in [6, 6.07) is 15.9. The Kier molecular flexibility index (Phi) is 5.93. The van der Waals surface area contributed by atoms with E-state index in [4.69, 9.17) is 0 Å².